The van der Waals surface area contributed by atoms with Gasteiger partial charge in [0.05, 0.1) is 24.6 Å². The largest absolute Gasteiger partial charge is 0.459 e. The second-order valence-corrected chi connectivity index (χ2v) is 6.87. The van der Waals surface area contributed by atoms with Crippen LogP contribution in [0.25, 0.3) is 0 Å². The van der Waals surface area contributed by atoms with Crippen molar-refractivity contribution in [2.45, 2.75) is 31.7 Å². The molecule has 0 aliphatic carbocycles. The van der Waals surface area contributed by atoms with Gasteiger partial charge in [-0.25, -0.2) is 4.79 Å². The number of esters is 1. The van der Waals surface area contributed by atoms with Crippen LogP contribution in [-0.2, 0) is 37.1 Å². The molecule has 2 aromatic rings. The maximum Gasteiger partial charge on any atom is 0.329 e. The molecule has 0 saturated heterocycles. The predicted octanol–water partition coefficient (Wildman–Crippen LogP) is 0.542. The zero-order chi connectivity index (χ0) is 23.5. The first-order valence-electron chi connectivity index (χ1n) is 9.62. The fraction of sp³-hybridized carbons (Fsp3) is 0.286. The summed E-state index contributed by atoms with van der Waals surface area (Å²) < 4.78 is 10.5. The maximum atomic E-state index is 12.4. The van der Waals surface area contributed by atoms with Gasteiger partial charge >= 0.3 is 5.97 Å². The molecule has 0 saturated carbocycles. The lowest BCUT2D eigenvalue weighted by molar-refractivity contribution is -0.384. The van der Waals surface area contributed by atoms with E-state index < -0.39 is 41.2 Å². The van der Waals surface area contributed by atoms with Crippen molar-refractivity contribution in [3.63, 3.8) is 0 Å². The van der Waals surface area contributed by atoms with Crippen LogP contribution in [0.15, 0.2) is 54.6 Å². The number of carbonyl (C=O) groups excluding carboxylic acids is 3. The fourth-order valence-corrected chi connectivity index (χ4v) is 2.60. The average Bonchev–Trinajstić information content (AvgIpc) is 2.77. The molecule has 2 aromatic carbocycles. The molecule has 0 aliphatic rings. The number of nitro groups is 1. The molecule has 0 aliphatic heterocycles. The van der Waals surface area contributed by atoms with Gasteiger partial charge in [-0.3, -0.25) is 19.7 Å². The van der Waals surface area contributed by atoms with Gasteiger partial charge < -0.3 is 26.3 Å². The molecule has 0 heterocycles. The highest BCUT2D eigenvalue weighted by Crippen LogP contribution is 2.13. The molecule has 2 rings (SSSR count). The zero-order valence-electron chi connectivity index (χ0n) is 17.1. The van der Waals surface area contributed by atoms with Gasteiger partial charge in [-0.1, -0.05) is 30.3 Å². The quantitative estimate of drug-likeness (QED) is 0.241. The second kappa shape index (κ2) is 12.1. The summed E-state index contributed by atoms with van der Waals surface area (Å²) in [6.45, 7) is -0.0696. The van der Waals surface area contributed by atoms with Crippen molar-refractivity contribution in [3.8, 4) is 0 Å². The lowest BCUT2D eigenvalue weighted by atomic mass is 10.1. The minimum absolute atomic E-state index is 0.109. The molecule has 32 heavy (non-hydrogen) atoms. The number of nitrogens with one attached hydrogen (secondary N) is 1. The Morgan fingerprint density at radius 2 is 1.62 bits per heavy atom. The molecule has 0 bridgehead atoms. The van der Waals surface area contributed by atoms with E-state index in [9.17, 15) is 24.5 Å². The van der Waals surface area contributed by atoms with E-state index >= 15 is 0 Å². The van der Waals surface area contributed by atoms with E-state index in [-0.39, 0.29) is 25.5 Å². The van der Waals surface area contributed by atoms with Crippen molar-refractivity contribution in [3.05, 3.63) is 75.8 Å². The minimum Gasteiger partial charge on any atom is -0.459 e. The van der Waals surface area contributed by atoms with E-state index in [0.717, 1.165) is 5.56 Å². The van der Waals surface area contributed by atoms with Crippen molar-refractivity contribution in [2.24, 2.45) is 11.5 Å². The Morgan fingerprint density at radius 1 is 1.00 bits per heavy atom. The van der Waals surface area contributed by atoms with Crippen LogP contribution in [0.3, 0.4) is 0 Å². The number of primary amides is 1. The Balaban J connectivity index is 1.87. The number of hydrogen-bond donors (Lipinski definition) is 3. The highest BCUT2D eigenvalue weighted by Gasteiger charge is 2.27. The fourth-order valence-electron chi connectivity index (χ4n) is 2.60. The highest BCUT2D eigenvalue weighted by atomic mass is 16.6. The van der Waals surface area contributed by atoms with Gasteiger partial charge in [-0.05, 0) is 23.3 Å². The molecule has 2 amide bonds. The third-order valence-corrected chi connectivity index (χ3v) is 4.28. The summed E-state index contributed by atoms with van der Waals surface area (Å²) in [5.41, 5.74) is 12.2. The van der Waals surface area contributed by atoms with Gasteiger partial charge in [0.2, 0.25) is 11.8 Å². The molecule has 0 fully saturated rings. The minimum atomic E-state index is -1.33. The van der Waals surface area contributed by atoms with Crippen molar-refractivity contribution >= 4 is 23.5 Å². The Morgan fingerprint density at radius 3 is 2.22 bits per heavy atom. The summed E-state index contributed by atoms with van der Waals surface area (Å²) >= 11 is 0. The van der Waals surface area contributed by atoms with Crippen LogP contribution >= 0.6 is 0 Å². The molecule has 0 unspecified atom stereocenters. The van der Waals surface area contributed by atoms with E-state index in [1.54, 1.807) is 0 Å². The monoisotopic (exact) mass is 444 g/mol. The SMILES string of the molecule is NC(=O)C[C@H](NC(=O)[C@@H](N)COCc1ccccc1)C(=O)OCc1ccc([N+](=O)[O-])cc1. The van der Waals surface area contributed by atoms with Crippen molar-refractivity contribution < 1.29 is 28.8 Å². The molecule has 11 nitrogen and oxygen atoms in total. The summed E-state index contributed by atoms with van der Waals surface area (Å²) in [5.74, 6) is -2.43. The molecular formula is C21H24N4O7. The van der Waals surface area contributed by atoms with Gasteiger partial charge in [-0.15, -0.1) is 0 Å². The van der Waals surface area contributed by atoms with E-state index in [0.29, 0.717) is 5.56 Å². The predicted molar refractivity (Wildman–Crippen MR) is 113 cm³/mol. The first-order valence-corrected chi connectivity index (χ1v) is 9.62. The molecular weight excluding hydrogens is 420 g/mol. The second-order valence-electron chi connectivity index (χ2n) is 6.87. The molecule has 0 spiro atoms. The molecule has 0 aromatic heterocycles. The number of ether oxygens (including phenoxy) is 2. The highest BCUT2D eigenvalue weighted by molar-refractivity contribution is 5.90. The topological polar surface area (TPSA) is 177 Å². The number of amides is 2. The van der Waals surface area contributed by atoms with E-state index in [2.05, 4.69) is 5.32 Å². The smallest absolute Gasteiger partial charge is 0.329 e. The number of hydrogen-bond acceptors (Lipinski definition) is 8. The number of rotatable bonds is 12. The summed E-state index contributed by atoms with van der Waals surface area (Å²) in [6, 6.07) is 12.2. The molecule has 0 radical (unpaired) electrons. The van der Waals surface area contributed by atoms with Gasteiger partial charge in [-0.2, -0.15) is 0 Å². The van der Waals surface area contributed by atoms with Gasteiger partial charge in [0.15, 0.2) is 0 Å². The number of benzene rings is 2. The Labute approximate surface area is 183 Å². The van der Waals surface area contributed by atoms with Crippen molar-refractivity contribution in [1.82, 2.24) is 5.32 Å². The van der Waals surface area contributed by atoms with Crippen LogP contribution in [0.2, 0.25) is 0 Å². The van der Waals surface area contributed by atoms with Crippen LogP contribution in [0.4, 0.5) is 5.69 Å². The number of nitro benzene ring substituents is 1. The number of carbonyl (C=O) groups is 3. The van der Waals surface area contributed by atoms with Crippen LogP contribution < -0.4 is 16.8 Å². The lowest BCUT2D eigenvalue weighted by Gasteiger charge is -2.19. The van der Waals surface area contributed by atoms with E-state index in [4.69, 9.17) is 20.9 Å². The van der Waals surface area contributed by atoms with E-state index in [1.807, 2.05) is 30.3 Å². The number of nitrogens with zero attached hydrogens (tertiary/aromatic N) is 1. The van der Waals surface area contributed by atoms with Crippen LogP contribution in [0.1, 0.15) is 17.5 Å². The molecule has 170 valence electrons. The zero-order valence-corrected chi connectivity index (χ0v) is 17.1. The van der Waals surface area contributed by atoms with Crippen molar-refractivity contribution in [1.29, 1.82) is 0 Å². The average molecular weight is 444 g/mol. The Bertz CT molecular complexity index is 935. The normalized spacial score (nSPS) is 12.4. The van der Waals surface area contributed by atoms with Crippen molar-refractivity contribution in [2.75, 3.05) is 6.61 Å². The van der Waals surface area contributed by atoms with E-state index in [1.165, 1.54) is 24.3 Å². The first-order chi connectivity index (χ1) is 15.3. The van der Waals surface area contributed by atoms with Gasteiger partial charge in [0.1, 0.15) is 18.7 Å². The van der Waals surface area contributed by atoms with Crippen LogP contribution in [0, 0.1) is 10.1 Å². The molecule has 2 atom stereocenters. The maximum absolute atomic E-state index is 12.4. The number of nitrogens with two attached hydrogens (primary N) is 2. The van der Waals surface area contributed by atoms with Crippen LogP contribution in [0.5, 0.6) is 0 Å². The standard InChI is InChI=1S/C21H24N4O7/c22-17(13-31-11-14-4-2-1-3-5-14)20(27)24-18(10-19(23)26)21(28)32-12-15-6-8-16(9-7-15)25(29)30/h1-9,17-18H,10-13,22H2,(H2,23,26)(H,24,27)/t17-,18-/m0/s1. The molecule has 5 N–H and O–H groups in total. The van der Waals surface area contributed by atoms with Gasteiger partial charge in [0, 0.05) is 12.1 Å². The third kappa shape index (κ3) is 8.13. The van der Waals surface area contributed by atoms with Crippen LogP contribution in [-0.4, -0.2) is 41.4 Å². The Kier molecular flexibility index (Phi) is 9.26. The lowest BCUT2D eigenvalue weighted by Crippen LogP contribution is -2.51. The third-order valence-electron chi connectivity index (χ3n) is 4.28. The van der Waals surface area contributed by atoms with Gasteiger partial charge in [0.25, 0.3) is 5.69 Å². The number of non-ortho nitro benzene ring substituents is 1. The first kappa shape index (κ1) is 24.4. The summed E-state index contributed by atoms with van der Waals surface area (Å²) in [7, 11) is 0. The Hall–Kier alpha value is -3.83. The molecule has 11 heteroatoms. The summed E-state index contributed by atoms with van der Waals surface area (Å²) in [5, 5.41) is 13.0. The summed E-state index contributed by atoms with van der Waals surface area (Å²) in [6.07, 6.45) is -0.484. The summed E-state index contributed by atoms with van der Waals surface area (Å²) in [4.78, 5) is 46.1.